The Labute approximate surface area is 216 Å². The maximum Gasteiger partial charge on any atom is 0.328 e. The number of carbonyl (C=O) groups is 3. The molecule has 7 heteroatoms. The summed E-state index contributed by atoms with van der Waals surface area (Å²) in [5.74, 6) is -1.66. The maximum atomic E-state index is 12.6. The molecule has 0 saturated carbocycles. The number of benzene rings is 3. The maximum absolute atomic E-state index is 12.6. The van der Waals surface area contributed by atoms with Crippen LogP contribution in [-0.2, 0) is 22.6 Å². The van der Waals surface area contributed by atoms with Crippen LogP contribution in [0.5, 0.6) is 0 Å². The van der Waals surface area contributed by atoms with Gasteiger partial charge in [-0.1, -0.05) is 60.7 Å². The van der Waals surface area contributed by atoms with Gasteiger partial charge in [0.25, 0.3) is 5.91 Å². The molecule has 2 aliphatic heterocycles. The largest absolute Gasteiger partial charge is 0.478 e. The highest BCUT2D eigenvalue weighted by atomic mass is 16.4. The summed E-state index contributed by atoms with van der Waals surface area (Å²) in [5.41, 5.74) is 3.51. The number of hydrogen-bond acceptors (Lipinski definition) is 4. The molecule has 0 aromatic heterocycles. The second-order valence-electron chi connectivity index (χ2n) is 9.57. The number of carboxylic acid groups (broad SMARTS) is 2. The summed E-state index contributed by atoms with van der Waals surface area (Å²) in [6, 6.07) is 23.5. The van der Waals surface area contributed by atoms with Crippen LogP contribution in [0.2, 0.25) is 0 Å². The molecule has 0 atom stereocenters. The van der Waals surface area contributed by atoms with Gasteiger partial charge in [-0.15, -0.1) is 0 Å². The molecule has 192 valence electrons. The summed E-state index contributed by atoms with van der Waals surface area (Å²) in [4.78, 5) is 36.4. The Morgan fingerprint density at radius 1 is 0.865 bits per heavy atom. The van der Waals surface area contributed by atoms with Gasteiger partial charge in [-0.05, 0) is 66.2 Å². The molecule has 0 unspecified atom stereocenters. The fourth-order valence-electron chi connectivity index (χ4n) is 4.99. The van der Waals surface area contributed by atoms with Crippen molar-refractivity contribution in [2.24, 2.45) is 5.92 Å². The number of nitrogens with zero attached hydrogens (tertiary/aromatic N) is 2. The van der Waals surface area contributed by atoms with Gasteiger partial charge in [0, 0.05) is 37.3 Å². The van der Waals surface area contributed by atoms with Gasteiger partial charge in [0.1, 0.15) is 0 Å². The van der Waals surface area contributed by atoms with Crippen LogP contribution < -0.4 is 0 Å². The molecule has 37 heavy (non-hydrogen) atoms. The van der Waals surface area contributed by atoms with Crippen molar-refractivity contribution in [1.29, 1.82) is 0 Å². The van der Waals surface area contributed by atoms with E-state index in [1.165, 1.54) is 34.7 Å². The molecule has 1 fully saturated rings. The van der Waals surface area contributed by atoms with Crippen molar-refractivity contribution in [2.45, 2.75) is 25.8 Å². The number of piperidine rings is 1. The first-order valence-corrected chi connectivity index (χ1v) is 12.6. The molecule has 0 spiro atoms. The Morgan fingerprint density at radius 3 is 2.19 bits per heavy atom. The van der Waals surface area contributed by atoms with E-state index in [9.17, 15) is 14.4 Å². The Kier molecular flexibility index (Phi) is 8.69. The number of likely N-dealkylation sites (tertiary alicyclic amines) is 1. The van der Waals surface area contributed by atoms with Crippen molar-refractivity contribution in [1.82, 2.24) is 9.80 Å². The highest BCUT2D eigenvalue weighted by Crippen LogP contribution is 2.26. The zero-order valence-corrected chi connectivity index (χ0v) is 20.8. The molecule has 7 nitrogen and oxygen atoms in total. The lowest BCUT2D eigenvalue weighted by Crippen LogP contribution is -2.39. The Balaban J connectivity index is 0.000000349. The van der Waals surface area contributed by atoms with E-state index in [0.717, 1.165) is 44.7 Å². The Bertz CT molecular complexity index is 1280. The topological polar surface area (TPSA) is 98.1 Å². The first-order chi connectivity index (χ1) is 17.9. The summed E-state index contributed by atoms with van der Waals surface area (Å²) in [6.45, 7) is 5.11. The third-order valence-corrected chi connectivity index (χ3v) is 6.98. The molecule has 2 heterocycles. The zero-order chi connectivity index (χ0) is 26.2. The van der Waals surface area contributed by atoms with E-state index in [0.29, 0.717) is 18.1 Å². The van der Waals surface area contributed by atoms with E-state index < -0.39 is 11.9 Å². The lowest BCUT2D eigenvalue weighted by atomic mass is 9.95. The minimum Gasteiger partial charge on any atom is -0.478 e. The van der Waals surface area contributed by atoms with Crippen LogP contribution in [0.3, 0.4) is 0 Å². The number of aliphatic carboxylic acids is 2. The van der Waals surface area contributed by atoms with Crippen LogP contribution >= 0.6 is 0 Å². The predicted octanol–water partition coefficient (Wildman–Crippen LogP) is 4.46. The summed E-state index contributed by atoms with van der Waals surface area (Å²) in [7, 11) is 0. The van der Waals surface area contributed by atoms with E-state index in [1.807, 2.05) is 18.2 Å². The van der Waals surface area contributed by atoms with E-state index in [4.69, 9.17) is 10.2 Å². The summed E-state index contributed by atoms with van der Waals surface area (Å²) >= 11 is 0. The number of carboxylic acids is 2. The second-order valence-corrected chi connectivity index (χ2v) is 9.57. The van der Waals surface area contributed by atoms with Crippen molar-refractivity contribution >= 4 is 28.6 Å². The van der Waals surface area contributed by atoms with Crippen LogP contribution in [-0.4, -0.2) is 64.0 Å². The van der Waals surface area contributed by atoms with Gasteiger partial charge in [0.15, 0.2) is 0 Å². The van der Waals surface area contributed by atoms with E-state index in [1.54, 1.807) is 0 Å². The molecule has 1 amide bonds. The highest BCUT2D eigenvalue weighted by molar-refractivity contribution is 5.98. The van der Waals surface area contributed by atoms with Gasteiger partial charge in [0.2, 0.25) is 0 Å². The first kappa shape index (κ1) is 26.1. The lowest BCUT2D eigenvalue weighted by molar-refractivity contribution is -0.134. The highest BCUT2D eigenvalue weighted by Gasteiger charge is 2.30. The van der Waals surface area contributed by atoms with Crippen molar-refractivity contribution < 1.29 is 24.6 Å². The normalized spacial score (nSPS) is 16.0. The van der Waals surface area contributed by atoms with Crippen LogP contribution in [0.4, 0.5) is 0 Å². The minimum atomic E-state index is -1.26. The lowest BCUT2D eigenvalue weighted by Gasteiger charge is -2.33. The minimum absolute atomic E-state index is 0.222. The zero-order valence-electron chi connectivity index (χ0n) is 20.8. The summed E-state index contributed by atoms with van der Waals surface area (Å²) in [5, 5.41) is 18.3. The molecule has 0 bridgehead atoms. The van der Waals surface area contributed by atoms with E-state index in [-0.39, 0.29) is 5.91 Å². The summed E-state index contributed by atoms with van der Waals surface area (Å²) < 4.78 is 0. The molecule has 1 saturated heterocycles. The van der Waals surface area contributed by atoms with Crippen molar-refractivity contribution in [3.63, 3.8) is 0 Å². The fourth-order valence-corrected chi connectivity index (χ4v) is 4.99. The number of hydrogen-bond donors (Lipinski definition) is 2. The average molecular weight is 501 g/mol. The van der Waals surface area contributed by atoms with E-state index in [2.05, 4.69) is 58.3 Å². The SMILES string of the molecule is O=C(O)C=CC(=O)O.O=C1c2ccccc2CN1CC1CCN(CCc2ccc3ccccc3c2)CC1. The molecule has 3 aromatic carbocycles. The van der Waals surface area contributed by atoms with Crippen molar-refractivity contribution in [2.75, 3.05) is 26.2 Å². The van der Waals surface area contributed by atoms with Gasteiger partial charge in [-0.3, -0.25) is 4.79 Å². The number of amides is 1. The molecule has 3 aromatic rings. The van der Waals surface area contributed by atoms with Crippen molar-refractivity contribution in [3.05, 3.63) is 95.6 Å². The summed E-state index contributed by atoms with van der Waals surface area (Å²) in [6.07, 6.45) is 4.61. The fraction of sp³-hybridized carbons (Fsp3) is 0.300. The molecule has 0 aliphatic carbocycles. The van der Waals surface area contributed by atoms with Crippen LogP contribution in [0.25, 0.3) is 10.8 Å². The van der Waals surface area contributed by atoms with Crippen LogP contribution in [0.15, 0.2) is 78.9 Å². The molecular weight excluding hydrogens is 468 g/mol. The number of fused-ring (bicyclic) bond motifs is 2. The Hall–Kier alpha value is -3.97. The molecule has 2 aliphatic rings. The average Bonchev–Trinajstić information content (AvgIpc) is 3.22. The van der Waals surface area contributed by atoms with Crippen molar-refractivity contribution in [3.8, 4) is 0 Å². The van der Waals surface area contributed by atoms with Gasteiger partial charge in [0.05, 0.1) is 0 Å². The molecule has 5 rings (SSSR count). The number of rotatable bonds is 7. The third kappa shape index (κ3) is 7.27. The van der Waals surface area contributed by atoms with Crippen LogP contribution in [0.1, 0.15) is 34.3 Å². The quantitative estimate of drug-likeness (QED) is 0.465. The molecule has 2 N–H and O–H groups in total. The third-order valence-electron chi connectivity index (χ3n) is 6.98. The van der Waals surface area contributed by atoms with Gasteiger partial charge >= 0.3 is 11.9 Å². The predicted molar refractivity (Wildman–Crippen MR) is 142 cm³/mol. The number of carbonyl (C=O) groups excluding carboxylic acids is 1. The molecule has 0 radical (unpaired) electrons. The molecular formula is C30H32N2O5. The van der Waals surface area contributed by atoms with E-state index >= 15 is 0 Å². The first-order valence-electron chi connectivity index (χ1n) is 12.6. The van der Waals surface area contributed by atoms with Crippen LogP contribution in [0, 0.1) is 5.92 Å². The van der Waals surface area contributed by atoms with Gasteiger partial charge in [-0.2, -0.15) is 0 Å². The smallest absolute Gasteiger partial charge is 0.328 e. The van der Waals surface area contributed by atoms with Gasteiger partial charge < -0.3 is 20.0 Å². The second kappa shape index (κ2) is 12.3. The Morgan fingerprint density at radius 2 is 1.51 bits per heavy atom. The van der Waals surface area contributed by atoms with Gasteiger partial charge in [-0.25, -0.2) is 9.59 Å². The monoisotopic (exact) mass is 500 g/mol. The standard InChI is InChI=1S/C26H28N2O.C4H4O4/c29-26-25-8-4-3-7-24(25)19-28(26)18-21-12-15-27(16-13-21)14-11-20-9-10-22-5-1-2-6-23(22)17-20;5-3(6)1-2-4(7)8/h1-10,17,21H,11-16,18-19H2;1-2H,(H,5,6)(H,7,8).